The highest BCUT2D eigenvalue weighted by Gasteiger charge is 2.35. The van der Waals surface area contributed by atoms with Gasteiger partial charge in [0, 0.05) is 18.2 Å². The Labute approximate surface area is 119 Å². The van der Waals surface area contributed by atoms with E-state index in [1.54, 1.807) is 6.92 Å². The van der Waals surface area contributed by atoms with Crippen LogP contribution in [0, 0.1) is 6.92 Å². The van der Waals surface area contributed by atoms with Crippen LogP contribution in [0.5, 0.6) is 0 Å². The van der Waals surface area contributed by atoms with Gasteiger partial charge in [0.05, 0.1) is 18.4 Å². The molecule has 1 aromatic carbocycles. The van der Waals surface area contributed by atoms with Crippen molar-refractivity contribution < 1.29 is 22.7 Å². The Morgan fingerprint density at radius 1 is 1.29 bits per heavy atom. The van der Waals surface area contributed by atoms with Gasteiger partial charge in [-0.1, -0.05) is 18.2 Å². The number of carbonyl (C=O) groups excluding carboxylic acids is 1. The molecule has 2 aromatic rings. The summed E-state index contributed by atoms with van der Waals surface area (Å²) in [5, 5.41) is 3.96. The molecular formula is C14H13F3N2O2. The monoisotopic (exact) mass is 298 g/mol. The number of methoxy groups -OCH3 is 1. The number of hydrogen-bond donors (Lipinski definition) is 0. The van der Waals surface area contributed by atoms with E-state index in [1.807, 2.05) is 0 Å². The second-order valence-electron chi connectivity index (χ2n) is 4.48. The highest BCUT2D eigenvalue weighted by molar-refractivity contribution is 5.91. The van der Waals surface area contributed by atoms with Crippen molar-refractivity contribution in [2.45, 2.75) is 13.1 Å². The average Bonchev–Trinajstić information content (AvgIpc) is 2.72. The molecule has 0 aliphatic carbocycles. The van der Waals surface area contributed by atoms with Gasteiger partial charge in [0.25, 0.3) is 0 Å². The predicted octanol–water partition coefficient (Wildman–Crippen LogP) is 3.20. The summed E-state index contributed by atoms with van der Waals surface area (Å²) < 4.78 is 45.2. The van der Waals surface area contributed by atoms with E-state index in [1.165, 1.54) is 37.0 Å². The lowest BCUT2D eigenvalue weighted by molar-refractivity contribution is -0.137. The predicted molar refractivity (Wildman–Crippen MR) is 69.7 cm³/mol. The number of aromatic nitrogens is 2. The maximum absolute atomic E-state index is 13.1. The second kappa shape index (κ2) is 5.23. The molecule has 0 aliphatic rings. The van der Waals surface area contributed by atoms with E-state index in [4.69, 9.17) is 0 Å². The maximum atomic E-state index is 13.1. The number of benzene rings is 1. The van der Waals surface area contributed by atoms with Gasteiger partial charge >= 0.3 is 12.1 Å². The van der Waals surface area contributed by atoms with Crippen molar-refractivity contribution in [2.24, 2.45) is 7.05 Å². The standard InChI is InChI=1S/C14H13F3N2O2/c1-8-11(13(20)21-3)18-19(2)12(8)9-6-4-5-7-10(9)14(15,16)17/h4-7H,1-3H3. The molecule has 0 fully saturated rings. The molecule has 4 nitrogen and oxygen atoms in total. The van der Waals surface area contributed by atoms with Crippen molar-refractivity contribution in [3.63, 3.8) is 0 Å². The van der Waals surface area contributed by atoms with E-state index in [0.29, 0.717) is 5.56 Å². The Balaban J connectivity index is 2.69. The van der Waals surface area contributed by atoms with Crippen LogP contribution in [0.15, 0.2) is 24.3 Å². The first-order valence-electron chi connectivity index (χ1n) is 6.06. The molecule has 0 unspecified atom stereocenters. The van der Waals surface area contributed by atoms with Gasteiger partial charge in [0.15, 0.2) is 5.69 Å². The molecule has 0 aliphatic heterocycles. The number of hydrogen-bond acceptors (Lipinski definition) is 3. The van der Waals surface area contributed by atoms with Gasteiger partial charge in [0.2, 0.25) is 0 Å². The smallest absolute Gasteiger partial charge is 0.417 e. The zero-order valence-corrected chi connectivity index (χ0v) is 11.7. The number of aryl methyl sites for hydroxylation is 1. The summed E-state index contributed by atoms with van der Waals surface area (Å²) in [7, 11) is 2.68. The minimum atomic E-state index is -4.49. The number of halogens is 3. The molecule has 0 N–H and O–H groups in total. The molecule has 0 amide bonds. The highest BCUT2D eigenvalue weighted by Crippen LogP contribution is 2.38. The quantitative estimate of drug-likeness (QED) is 0.800. The zero-order chi connectivity index (χ0) is 15.8. The van der Waals surface area contributed by atoms with Crippen LogP contribution in [0.25, 0.3) is 11.3 Å². The van der Waals surface area contributed by atoms with Crippen molar-refractivity contribution >= 4 is 5.97 Å². The molecule has 0 saturated heterocycles. The number of esters is 1. The molecule has 2 rings (SSSR count). The first-order chi connectivity index (χ1) is 9.77. The Kier molecular flexibility index (Phi) is 3.76. The summed E-state index contributed by atoms with van der Waals surface area (Å²) in [6.45, 7) is 1.54. The highest BCUT2D eigenvalue weighted by atomic mass is 19.4. The lowest BCUT2D eigenvalue weighted by Gasteiger charge is -2.13. The van der Waals surface area contributed by atoms with Crippen LogP contribution in [-0.2, 0) is 18.0 Å². The Morgan fingerprint density at radius 3 is 2.48 bits per heavy atom. The maximum Gasteiger partial charge on any atom is 0.417 e. The lowest BCUT2D eigenvalue weighted by Crippen LogP contribution is -2.08. The fourth-order valence-electron chi connectivity index (χ4n) is 2.23. The van der Waals surface area contributed by atoms with E-state index >= 15 is 0 Å². The van der Waals surface area contributed by atoms with Gasteiger partial charge in [-0.25, -0.2) is 4.79 Å². The molecule has 0 atom stereocenters. The summed E-state index contributed by atoms with van der Waals surface area (Å²) in [4.78, 5) is 11.6. The van der Waals surface area contributed by atoms with Gasteiger partial charge in [-0.3, -0.25) is 4.68 Å². The Morgan fingerprint density at radius 2 is 1.90 bits per heavy atom. The largest absolute Gasteiger partial charge is 0.464 e. The number of carbonyl (C=O) groups is 1. The summed E-state index contributed by atoms with van der Waals surface area (Å²) >= 11 is 0. The van der Waals surface area contributed by atoms with Gasteiger partial charge < -0.3 is 4.74 Å². The molecule has 21 heavy (non-hydrogen) atoms. The van der Waals surface area contributed by atoms with Crippen LogP contribution in [-0.4, -0.2) is 22.9 Å². The van der Waals surface area contributed by atoms with Crippen LogP contribution in [0.2, 0.25) is 0 Å². The van der Waals surface area contributed by atoms with E-state index in [0.717, 1.165) is 6.07 Å². The SMILES string of the molecule is COC(=O)c1nn(C)c(-c2ccccc2C(F)(F)F)c1C. The van der Waals surface area contributed by atoms with Crippen LogP contribution in [0.4, 0.5) is 13.2 Å². The molecule has 0 saturated carbocycles. The second-order valence-corrected chi connectivity index (χ2v) is 4.48. The van der Waals surface area contributed by atoms with Gasteiger partial charge in [0.1, 0.15) is 0 Å². The van der Waals surface area contributed by atoms with E-state index < -0.39 is 17.7 Å². The first-order valence-corrected chi connectivity index (χ1v) is 6.06. The van der Waals surface area contributed by atoms with Crippen molar-refractivity contribution in [1.82, 2.24) is 9.78 Å². The summed E-state index contributed by atoms with van der Waals surface area (Å²) in [6.07, 6.45) is -4.49. The third kappa shape index (κ3) is 2.63. The molecule has 0 radical (unpaired) electrons. The van der Waals surface area contributed by atoms with Gasteiger partial charge in [-0.2, -0.15) is 18.3 Å². The van der Waals surface area contributed by atoms with E-state index in [2.05, 4.69) is 9.84 Å². The summed E-state index contributed by atoms with van der Waals surface area (Å²) in [6, 6.07) is 5.18. The minimum Gasteiger partial charge on any atom is -0.464 e. The van der Waals surface area contributed by atoms with Crippen LogP contribution >= 0.6 is 0 Å². The third-order valence-electron chi connectivity index (χ3n) is 3.15. The van der Waals surface area contributed by atoms with Crippen molar-refractivity contribution in [2.75, 3.05) is 7.11 Å². The van der Waals surface area contributed by atoms with E-state index in [9.17, 15) is 18.0 Å². The molecule has 1 heterocycles. The molecule has 0 spiro atoms. The fraction of sp³-hybridized carbons (Fsp3) is 0.286. The molecule has 112 valence electrons. The zero-order valence-electron chi connectivity index (χ0n) is 11.7. The number of alkyl halides is 3. The van der Waals surface area contributed by atoms with Gasteiger partial charge in [-0.15, -0.1) is 0 Å². The average molecular weight is 298 g/mol. The molecule has 7 heteroatoms. The fourth-order valence-corrected chi connectivity index (χ4v) is 2.23. The van der Waals surface area contributed by atoms with Crippen LogP contribution < -0.4 is 0 Å². The first kappa shape index (κ1) is 15.1. The Hall–Kier alpha value is -2.31. The van der Waals surface area contributed by atoms with Crippen molar-refractivity contribution in [3.8, 4) is 11.3 Å². The third-order valence-corrected chi connectivity index (χ3v) is 3.15. The molecule has 1 aromatic heterocycles. The normalized spacial score (nSPS) is 11.5. The topological polar surface area (TPSA) is 44.1 Å². The van der Waals surface area contributed by atoms with Crippen molar-refractivity contribution in [1.29, 1.82) is 0 Å². The van der Waals surface area contributed by atoms with Crippen molar-refractivity contribution in [3.05, 3.63) is 41.1 Å². The molecular weight excluding hydrogens is 285 g/mol. The van der Waals surface area contributed by atoms with Gasteiger partial charge in [-0.05, 0) is 13.0 Å². The summed E-state index contributed by atoms with van der Waals surface area (Å²) in [5.41, 5.74) is -0.198. The van der Waals surface area contributed by atoms with E-state index in [-0.39, 0.29) is 17.0 Å². The van der Waals surface area contributed by atoms with Crippen LogP contribution in [0.1, 0.15) is 21.6 Å². The number of ether oxygens (including phenoxy) is 1. The number of nitrogens with zero attached hydrogens (tertiary/aromatic N) is 2. The van der Waals surface area contributed by atoms with Crippen LogP contribution in [0.3, 0.4) is 0 Å². The Bertz CT molecular complexity index is 690. The number of rotatable bonds is 2. The summed E-state index contributed by atoms with van der Waals surface area (Å²) in [5.74, 6) is -0.682. The lowest BCUT2D eigenvalue weighted by atomic mass is 10.0. The minimum absolute atomic E-state index is 0.00646. The molecule has 0 bridgehead atoms.